The lowest BCUT2D eigenvalue weighted by Gasteiger charge is -2.10. The Kier molecular flexibility index (Phi) is 5.49. The minimum Gasteiger partial charge on any atom is -0.322 e. The Bertz CT molecular complexity index is 694. The second kappa shape index (κ2) is 7.56. The first-order valence-electron chi connectivity index (χ1n) is 6.66. The fourth-order valence-corrected chi connectivity index (χ4v) is 2.06. The van der Waals surface area contributed by atoms with Crippen LogP contribution in [0.15, 0.2) is 64.8 Å². The molecule has 0 fully saturated rings. The maximum atomic E-state index is 12.3. The standard InChI is InChI=1S/C17H15BrN2O2/c1-12(21)19-16(11-13-5-3-2-4-6-13)17(22)20-15-9-7-14(18)8-10-15/h2-11H,1H3,(H,19,21)(H,20,22). The third-order valence-electron chi connectivity index (χ3n) is 2.77. The van der Waals surface area contributed by atoms with E-state index in [1.807, 2.05) is 42.5 Å². The number of benzene rings is 2. The first kappa shape index (κ1) is 16.0. The monoisotopic (exact) mass is 358 g/mol. The van der Waals surface area contributed by atoms with Gasteiger partial charge in [0.2, 0.25) is 5.91 Å². The molecule has 0 bridgehead atoms. The van der Waals surface area contributed by atoms with Gasteiger partial charge in [-0.15, -0.1) is 0 Å². The van der Waals surface area contributed by atoms with E-state index >= 15 is 0 Å². The lowest BCUT2D eigenvalue weighted by Crippen LogP contribution is -2.28. The van der Waals surface area contributed by atoms with Crippen molar-refractivity contribution in [2.24, 2.45) is 0 Å². The summed E-state index contributed by atoms with van der Waals surface area (Å²) in [6, 6.07) is 16.5. The molecule has 0 saturated heterocycles. The maximum Gasteiger partial charge on any atom is 0.272 e. The minimum absolute atomic E-state index is 0.196. The summed E-state index contributed by atoms with van der Waals surface area (Å²) in [5.41, 5.74) is 1.68. The van der Waals surface area contributed by atoms with Crippen molar-refractivity contribution in [2.75, 3.05) is 5.32 Å². The van der Waals surface area contributed by atoms with Gasteiger partial charge in [-0.05, 0) is 35.9 Å². The van der Waals surface area contributed by atoms with Gasteiger partial charge in [0, 0.05) is 17.1 Å². The Morgan fingerprint density at radius 2 is 1.64 bits per heavy atom. The summed E-state index contributed by atoms with van der Waals surface area (Å²) in [6.07, 6.45) is 1.63. The topological polar surface area (TPSA) is 58.2 Å². The molecule has 0 unspecified atom stereocenters. The molecule has 0 atom stereocenters. The van der Waals surface area contributed by atoms with Crippen molar-refractivity contribution in [1.29, 1.82) is 0 Å². The van der Waals surface area contributed by atoms with Crippen molar-refractivity contribution >= 4 is 39.5 Å². The molecule has 0 spiro atoms. The number of carbonyl (C=O) groups excluding carboxylic acids is 2. The molecule has 0 radical (unpaired) electrons. The van der Waals surface area contributed by atoms with Gasteiger partial charge in [-0.3, -0.25) is 9.59 Å². The fourth-order valence-electron chi connectivity index (χ4n) is 1.80. The Hall–Kier alpha value is -2.40. The molecule has 2 amide bonds. The minimum atomic E-state index is -0.374. The summed E-state index contributed by atoms with van der Waals surface area (Å²) in [5.74, 6) is -0.672. The van der Waals surface area contributed by atoms with Crippen molar-refractivity contribution in [2.45, 2.75) is 6.92 Å². The molecule has 2 N–H and O–H groups in total. The number of rotatable bonds is 4. The second-order valence-electron chi connectivity index (χ2n) is 4.61. The average molecular weight is 359 g/mol. The number of nitrogens with one attached hydrogen (secondary N) is 2. The Balaban J connectivity index is 2.21. The SMILES string of the molecule is CC(=O)NC(=Cc1ccccc1)C(=O)Nc1ccc(Br)cc1. The van der Waals surface area contributed by atoms with E-state index < -0.39 is 0 Å². The number of hydrogen-bond donors (Lipinski definition) is 2. The van der Waals surface area contributed by atoms with E-state index in [0.29, 0.717) is 5.69 Å². The first-order valence-corrected chi connectivity index (χ1v) is 7.45. The van der Waals surface area contributed by atoms with E-state index in [-0.39, 0.29) is 17.5 Å². The van der Waals surface area contributed by atoms with Gasteiger partial charge in [0.25, 0.3) is 5.91 Å². The molecule has 2 aromatic carbocycles. The van der Waals surface area contributed by atoms with Crippen LogP contribution in [-0.2, 0) is 9.59 Å². The molecule has 0 heterocycles. The van der Waals surface area contributed by atoms with Crippen LogP contribution in [0.4, 0.5) is 5.69 Å². The highest BCUT2D eigenvalue weighted by atomic mass is 79.9. The van der Waals surface area contributed by atoms with Gasteiger partial charge >= 0.3 is 0 Å². The van der Waals surface area contributed by atoms with Gasteiger partial charge < -0.3 is 10.6 Å². The van der Waals surface area contributed by atoms with Gasteiger partial charge in [-0.25, -0.2) is 0 Å². The summed E-state index contributed by atoms with van der Waals surface area (Å²) in [6.45, 7) is 1.37. The quantitative estimate of drug-likeness (QED) is 0.820. The van der Waals surface area contributed by atoms with Crippen LogP contribution < -0.4 is 10.6 Å². The second-order valence-corrected chi connectivity index (χ2v) is 5.53. The van der Waals surface area contributed by atoms with Gasteiger partial charge in [0.1, 0.15) is 5.70 Å². The number of carbonyl (C=O) groups is 2. The smallest absolute Gasteiger partial charge is 0.272 e. The number of anilines is 1. The highest BCUT2D eigenvalue weighted by molar-refractivity contribution is 9.10. The molecular weight excluding hydrogens is 344 g/mol. The summed E-state index contributed by atoms with van der Waals surface area (Å²) >= 11 is 3.34. The van der Waals surface area contributed by atoms with Gasteiger partial charge in [-0.1, -0.05) is 46.3 Å². The number of amides is 2. The highest BCUT2D eigenvalue weighted by Crippen LogP contribution is 2.15. The fraction of sp³-hybridized carbons (Fsp3) is 0.0588. The molecule has 0 saturated carbocycles. The molecule has 4 nitrogen and oxygen atoms in total. The van der Waals surface area contributed by atoms with Crippen LogP contribution in [0.25, 0.3) is 6.08 Å². The van der Waals surface area contributed by atoms with E-state index in [1.165, 1.54) is 6.92 Å². The molecule has 112 valence electrons. The van der Waals surface area contributed by atoms with E-state index in [1.54, 1.807) is 18.2 Å². The van der Waals surface area contributed by atoms with Crippen molar-refractivity contribution in [3.05, 3.63) is 70.3 Å². The van der Waals surface area contributed by atoms with Crippen LogP contribution in [0.5, 0.6) is 0 Å². The van der Waals surface area contributed by atoms with E-state index in [4.69, 9.17) is 0 Å². The van der Waals surface area contributed by atoms with Crippen molar-refractivity contribution in [3.8, 4) is 0 Å². The van der Waals surface area contributed by atoms with Crippen LogP contribution in [0.2, 0.25) is 0 Å². The maximum absolute atomic E-state index is 12.3. The van der Waals surface area contributed by atoms with Gasteiger partial charge in [0.15, 0.2) is 0 Å². The Labute approximate surface area is 137 Å². The zero-order valence-electron chi connectivity index (χ0n) is 12.0. The van der Waals surface area contributed by atoms with Crippen molar-refractivity contribution in [1.82, 2.24) is 5.32 Å². The molecular formula is C17H15BrN2O2. The highest BCUT2D eigenvalue weighted by Gasteiger charge is 2.11. The van der Waals surface area contributed by atoms with Crippen LogP contribution in [0, 0.1) is 0 Å². The third kappa shape index (κ3) is 4.86. The molecule has 0 aliphatic carbocycles. The molecule has 22 heavy (non-hydrogen) atoms. The molecule has 2 aromatic rings. The third-order valence-corrected chi connectivity index (χ3v) is 3.30. The number of halogens is 1. The summed E-state index contributed by atoms with van der Waals surface area (Å²) < 4.78 is 0.924. The zero-order valence-corrected chi connectivity index (χ0v) is 13.6. The summed E-state index contributed by atoms with van der Waals surface area (Å²) in [4.78, 5) is 23.6. The van der Waals surface area contributed by atoms with Crippen LogP contribution in [0.3, 0.4) is 0 Å². The predicted molar refractivity (Wildman–Crippen MR) is 91.0 cm³/mol. The zero-order chi connectivity index (χ0) is 15.9. The normalized spacial score (nSPS) is 10.9. The molecule has 2 rings (SSSR count). The Morgan fingerprint density at radius 1 is 1.00 bits per heavy atom. The van der Waals surface area contributed by atoms with Crippen LogP contribution in [-0.4, -0.2) is 11.8 Å². The van der Waals surface area contributed by atoms with E-state index in [9.17, 15) is 9.59 Å². The molecule has 0 aliphatic heterocycles. The van der Waals surface area contributed by atoms with Crippen LogP contribution in [0.1, 0.15) is 12.5 Å². The van der Waals surface area contributed by atoms with Crippen LogP contribution >= 0.6 is 15.9 Å². The average Bonchev–Trinajstić information content (AvgIpc) is 2.49. The molecule has 5 heteroatoms. The largest absolute Gasteiger partial charge is 0.322 e. The van der Waals surface area contributed by atoms with Crippen molar-refractivity contribution in [3.63, 3.8) is 0 Å². The van der Waals surface area contributed by atoms with Gasteiger partial charge in [-0.2, -0.15) is 0 Å². The lowest BCUT2D eigenvalue weighted by molar-refractivity contribution is -0.120. The van der Waals surface area contributed by atoms with Gasteiger partial charge in [0.05, 0.1) is 0 Å². The number of hydrogen-bond acceptors (Lipinski definition) is 2. The predicted octanol–water partition coefficient (Wildman–Crippen LogP) is 3.56. The Morgan fingerprint density at radius 3 is 2.23 bits per heavy atom. The van der Waals surface area contributed by atoms with E-state index in [2.05, 4.69) is 26.6 Å². The summed E-state index contributed by atoms with van der Waals surface area (Å²) in [5, 5.41) is 5.31. The van der Waals surface area contributed by atoms with E-state index in [0.717, 1.165) is 10.0 Å². The first-order chi connectivity index (χ1) is 10.5. The molecule has 0 aliphatic rings. The summed E-state index contributed by atoms with van der Waals surface area (Å²) in [7, 11) is 0. The molecule has 0 aromatic heterocycles. The van der Waals surface area contributed by atoms with Crippen molar-refractivity contribution < 1.29 is 9.59 Å². The lowest BCUT2D eigenvalue weighted by atomic mass is 10.2.